The third kappa shape index (κ3) is 1.81. The predicted octanol–water partition coefficient (Wildman–Crippen LogP) is 2.08. The molecule has 0 bridgehead atoms. The minimum absolute atomic E-state index is 0.282. The Kier molecular flexibility index (Phi) is 2.67. The second-order valence-electron chi connectivity index (χ2n) is 1.88. The van der Waals surface area contributed by atoms with Gasteiger partial charge in [-0.3, -0.25) is 5.41 Å². The molecule has 0 unspecified atom stereocenters. The first kappa shape index (κ1) is 8.73. The Labute approximate surface area is 82.6 Å². The summed E-state index contributed by atoms with van der Waals surface area (Å²) in [7, 11) is 0. The van der Waals surface area contributed by atoms with Crippen LogP contribution in [0.2, 0.25) is 5.15 Å². The van der Waals surface area contributed by atoms with Gasteiger partial charge in [-0.2, -0.15) is 0 Å². The minimum atomic E-state index is 0.282. The molecule has 0 saturated carbocycles. The number of rotatable bonds is 1. The van der Waals surface area contributed by atoms with Crippen molar-refractivity contribution in [1.29, 1.82) is 5.41 Å². The molecule has 0 spiro atoms. The molecule has 1 aromatic rings. The van der Waals surface area contributed by atoms with Crippen molar-refractivity contribution >= 4 is 43.6 Å². The van der Waals surface area contributed by atoms with E-state index in [-0.39, 0.29) is 5.15 Å². The monoisotopic (exact) mass is 281 g/mol. The van der Waals surface area contributed by atoms with E-state index in [0.717, 1.165) is 0 Å². The van der Waals surface area contributed by atoms with Crippen LogP contribution in [0.4, 0.5) is 5.69 Å². The van der Waals surface area contributed by atoms with E-state index in [1.807, 2.05) is 22.6 Å². The third-order valence-electron chi connectivity index (χ3n) is 1.16. The largest absolute Gasteiger partial charge is 0.398 e. The molecule has 1 rings (SSSR count). The van der Waals surface area contributed by atoms with E-state index in [9.17, 15) is 0 Å². The summed E-state index contributed by atoms with van der Waals surface area (Å²) in [5.41, 5.74) is 6.55. The van der Waals surface area contributed by atoms with Gasteiger partial charge in [-0.15, -0.1) is 0 Å². The zero-order valence-corrected chi connectivity index (χ0v) is 8.35. The third-order valence-corrected chi connectivity index (χ3v) is 1.98. The van der Waals surface area contributed by atoms with Crippen LogP contribution in [0.5, 0.6) is 0 Å². The van der Waals surface area contributed by atoms with Crippen molar-refractivity contribution in [3.8, 4) is 0 Å². The fourth-order valence-corrected chi connectivity index (χ4v) is 1.65. The zero-order chi connectivity index (χ0) is 8.43. The van der Waals surface area contributed by atoms with E-state index < -0.39 is 0 Å². The second kappa shape index (κ2) is 3.36. The molecule has 3 N–H and O–H groups in total. The van der Waals surface area contributed by atoms with Crippen molar-refractivity contribution in [2.75, 3.05) is 5.73 Å². The lowest BCUT2D eigenvalue weighted by Crippen LogP contribution is -1.99. The summed E-state index contributed by atoms with van der Waals surface area (Å²) >= 11 is 7.53. The molecule has 0 aliphatic rings. The van der Waals surface area contributed by atoms with Gasteiger partial charge in [0.25, 0.3) is 0 Å². The Morgan fingerprint density at radius 1 is 1.73 bits per heavy atom. The van der Waals surface area contributed by atoms with Crippen LogP contribution in [0.15, 0.2) is 12.3 Å². The first-order chi connectivity index (χ1) is 5.13. The molecule has 0 aliphatic heterocycles. The van der Waals surface area contributed by atoms with Crippen LogP contribution in [0, 0.1) is 5.41 Å². The molecule has 1 aromatic heterocycles. The van der Waals surface area contributed by atoms with Crippen LogP contribution in [-0.2, 0) is 0 Å². The summed E-state index contributed by atoms with van der Waals surface area (Å²) in [5.74, 6) is 0. The number of hydrogen-bond donors (Lipinski definition) is 2. The fraction of sp³-hybridized carbons (Fsp3) is 0. The number of nitrogens with one attached hydrogen (secondary N) is 1. The Morgan fingerprint density at radius 2 is 2.36 bits per heavy atom. The van der Waals surface area contributed by atoms with Gasteiger partial charge in [0.15, 0.2) is 0 Å². The minimum Gasteiger partial charge on any atom is -0.398 e. The standard InChI is InChI=1S/C6H5ClIN3/c7-5-4(6(8)10)3(9)1-2-11-5/h1-2,10H,(H2,9,11). The van der Waals surface area contributed by atoms with Gasteiger partial charge in [0.2, 0.25) is 0 Å². The summed E-state index contributed by atoms with van der Waals surface area (Å²) in [6.45, 7) is 0. The van der Waals surface area contributed by atoms with E-state index in [2.05, 4.69) is 4.98 Å². The van der Waals surface area contributed by atoms with E-state index >= 15 is 0 Å². The van der Waals surface area contributed by atoms with Crippen molar-refractivity contribution in [2.45, 2.75) is 0 Å². The smallest absolute Gasteiger partial charge is 0.140 e. The SMILES string of the molecule is N=C(I)c1c(N)ccnc1Cl. The normalized spacial score (nSPS) is 9.64. The Bertz CT molecular complexity index is 280. The number of halogens is 2. The molecule has 5 heteroatoms. The number of nitrogen functional groups attached to an aromatic ring is 1. The molecule has 0 atom stereocenters. The van der Waals surface area contributed by atoms with Gasteiger partial charge >= 0.3 is 0 Å². The lowest BCUT2D eigenvalue weighted by atomic mass is 10.2. The molecule has 0 saturated heterocycles. The van der Waals surface area contributed by atoms with E-state index in [0.29, 0.717) is 15.0 Å². The average Bonchev–Trinajstić information content (AvgIpc) is 1.85. The molecule has 11 heavy (non-hydrogen) atoms. The molecule has 3 nitrogen and oxygen atoms in total. The Hall–Kier alpha value is -0.360. The lowest BCUT2D eigenvalue weighted by Gasteiger charge is -2.02. The van der Waals surface area contributed by atoms with Crippen LogP contribution >= 0.6 is 34.2 Å². The highest BCUT2D eigenvalue weighted by Crippen LogP contribution is 2.21. The van der Waals surface area contributed by atoms with Gasteiger partial charge in [-0.1, -0.05) is 11.6 Å². The first-order valence-corrected chi connectivity index (χ1v) is 4.23. The number of pyridine rings is 1. The highest BCUT2D eigenvalue weighted by atomic mass is 127. The van der Waals surface area contributed by atoms with E-state index in [4.69, 9.17) is 22.7 Å². The molecule has 0 amide bonds. The topological polar surface area (TPSA) is 62.8 Å². The number of nitrogens with zero attached hydrogens (tertiary/aromatic N) is 1. The maximum Gasteiger partial charge on any atom is 0.140 e. The van der Waals surface area contributed by atoms with Gasteiger partial charge in [-0.25, -0.2) is 4.98 Å². The van der Waals surface area contributed by atoms with Crippen LogP contribution < -0.4 is 5.73 Å². The molecule has 0 radical (unpaired) electrons. The van der Waals surface area contributed by atoms with Gasteiger partial charge in [0.05, 0.1) is 5.56 Å². The molecule has 1 heterocycles. The van der Waals surface area contributed by atoms with Gasteiger partial charge in [0, 0.05) is 11.9 Å². The summed E-state index contributed by atoms with van der Waals surface area (Å²) in [6.07, 6.45) is 1.51. The van der Waals surface area contributed by atoms with E-state index in [1.54, 1.807) is 6.07 Å². The molecular weight excluding hydrogens is 276 g/mol. The maximum atomic E-state index is 7.30. The van der Waals surface area contributed by atoms with Gasteiger partial charge in [0.1, 0.15) is 8.87 Å². The van der Waals surface area contributed by atoms with Crippen LogP contribution in [0.1, 0.15) is 5.56 Å². The van der Waals surface area contributed by atoms with Crippen molar-refractivity contribution < 1.29 is 0 Å². The summed E-state index contributed by atoms with van der Waals surface area (Å²) in [4.78, 5) is 3.80. The van der Waals surface area contributed by atoms with Crippen molar-refractivity contribution in [3.63, 3.8) is 0 Å². The maximum absolute atomic E-state index is 7.30. The zero-order valence-electron chi connectivity index (χ0n) is 5.44. The number of anilines is 1. The second-order valence-corrected chi connectivity index (χ2v) is 3.32. The molecule has 0 aromatic carbocycles. The molecule has 58 valence electrons. The van der Waals surface area contributed by atoms with Crippen LogP contribution in [0.3, 0.4) is 0 Å². The quantitative estimate of drug-likeness (QED) is 0.470. The number of hydrogen-bond acceptors (Lipinski definition) is 3. The highest BCUT2D eigenvalue weighted by molar-refractivity contribution is 14.1. The van der Waals surface area contributed by atoms with E-state index in [1.165, 1.54) is 6.20 Å². The molecule has 0 fully saturated rings. The van der Waals surface area contributed by atoms with Gasteiger partial charge < -0.3 is 5.73 Å². The van der Waals surface area contributed by atoms with Gasteiger partial charge in [-0.05, 0) is 28.7 Å². The number of nitrogens with two attached hydrogens (primary N) is 1. The Morgan fingerprint density at radius 3 is 2.73 bits per heavy atom. The van der Waals surface area contributed by atoms with Crippen molar-refractivity contribution in [2.24, 2.45) is 0 Å². The molecule has 0 aliphatic carbocycles. The van der Waals surface area contributed by atoms with Crippen molar-refractivity contribution in [1.82, 2.24) is 4.98 Å². The summed E-state index contributed by atoms with van der Waals surface area (Å²) < 4.78 is 0.304. The fourth-order valence-electron chi connectivity index (χ4n) is 0.667. The summed E-state index contributed by atoms with van der Waals surface area (Å²) in [5, 5.41) is 7.58. The van der Waals surface area contributed by atoms with Crippen molar-refractivity contribution in [3.05, 3.63) is 23.0 Å². The van der Waals surface area contributed by atoms with Crippen LogP contribution in [0.25, 0.3) is 0 Å². The van der Waals surface area contributed by atoms with Crippen LogP contribution in [-0.4, -0.2) is 8.70 Å². The predicted molar refractivity (Wildman–Crippen MR) is 54.5 cm³/mol. The lowest BCUT2D eigenvalue weighted by molar-refractivity contribution is 1.32. The first-order valence-electron chi connectivity index (χ1n) is 2.77. The summed E-state index contributed by atoms with van der Waals surface area (Å²) in [6, 6.07) is 1.62. The Balaban J connectivity index is 3.32. The molecular formula is C6H5ClIN3. The average molecular weight is 281 g/mol. The number of aromatic nitrogens is 1. The highest BCUT2D eigenvalue weighted by Gasteiger charge is 2.07.